The third-order valence-electron chi connectivity index (χ3n) is 5.01. The van der Waals surface area contributed by atoms with Gasteiger partial charge in [-0.05, 0) is 23.5 Å². The van der Waals surface area contributed by atoms with Gasteiger partial charge in [0.2, 0.25) is 0 Å². The first kappa shape index (κ1) is 14.8. The van der Waals surface area contributed by atoms with Gasteiger partial charge in [-0.1, -0.05) is 42.5 Å². The van der Waals surface area contributed by atoms with Crippen molar-refractivity contribution in [1.82, 2.24) is 0 Å². The van der Waals surface area contributed by atoms with Crippen LogP contribution >= 0.6 is 0 Å². The molecular formula is C19H18N2O3. The lowest BCUT2D eigenvalue weighted by molar-refractivity contribution is -0.385. The molecule has 3 atom stereocenters. The quantitative estimate of drug-likeness (QED) is 0.516. The largest absolute Gasteiger partial charge is 0.494 e. The van der Waals surface area contributed by atoms with Crippen LogP contribution in [0.1, 0.15) is 29.5 Å². The fourth-order valence-electron chi connectivity index (χ4n) is 3.91. The fourth-order valence-corrected chi connectivity index (χ4v) is 3.91. The highest BCUT2D eigenvalue weighted by Crippen LogP contribution is 2.53. The smallest absolute Gasteiger partial charge is 0.273 e. The van der Waals surface area contributed by atoms with Gasteiger partial charge in [-0.25, -0.2) is 0 Å². The molecule has 122 valence electrons. The van der Waals surface area contributed by atoms with Gasteiger partial charge in [0.05, 0.1) is 29.8 Å². The van der Waals surface area contributed by atoms with Crippen LogP contribution < -0.4 is 10.1 Å². The first-order valence-electron chi connectivity index (χ1n) is 8.03. The van der Waals surface area contributed by atoms with Crippen LogP contribution in [0.25, 0.3) is 0 Å². The second kappa shape index (κ2) is 5.67. The van der Waals surface area contributed by atoms with E-state index in [0.717, 1.165) is 17.7 Å². The second-order valence-electron chi connectivity index (χ2n) is 6.26. The molecule has 0 aromatic heterocycles. The molecule has 2 aromatic rings. The number of ether oxygens (including phenoxy) is 1. The zero-order valence-corrected chi connectivity index (χ0v) is 13.3. The maximum absolute atomic E-state index is 11.2. The third kappa shape index (κ3) is 2.24. The van der Waals surface area contributed by atoms with Gasteiger partial charge < -0.3 is 10.1 Å². The normalized spacial score (nSPS) is 24.0. The summed E-state index contributed by atoms with van der Waals surface area (Å²) in [6.07, 6.45) is 5.30. The number of hydrogen-bond donors (Lipinski definition) is 1. The van der Waals surface area contributed by atoms with E-state index in [2.05, 4.69) is 29.6 Å². The number of hydrogen-bond acceptors (Lipinski definition) is 4. The molecule has 1 aliphatic heterocycles. The minimum atomic E-state index is -0.361. The number of fused-ring (bicyclic) bond motifs is 3. The molecule has 0 unspecified atom stereocenters. The van der Waals surface area contributed by atoms with Crippen LogP contribution in [0.2, 0.25) is 0 Å². The first-order chi connectivity index (χ1) is 11.7. The summed E-state index contributed by atoms with van der Waals surface area (Å²) in [7, 11) is 1.55. The molecule has 0 bridgehead atoms. The summed E-state index contributed by atoms with van der Waals surface area (Å²) in [5, 5.41) is 14.8. The van der Waals surface area contributed by atoms with Crippen LogP contribution in [0.3, 0.4) is 0 Å². The monoisotopic (exact) mass is 322 g/mol. The molecule has 1 N–H and O–H groups in total. The molecule has 24 heavy (non-hydrogen) atoms. The molecular weight excluding hydrogens is 304 g/mol. The molecule has 0 radical (unpaired) electrons. The molecule has 2 aromatic carbocycles. The zero-order valence-electron chi connectivity index (χ0n) is 13.3. The van der Waals surface area contributed by atoms with Crippen molar-refractivity contribution in [2.75, 3.05) is 12.4 Å². The molecule has 5 heteroatoms. The lowest BCUT2D eigenvalue weighted by Crippen LogP contribution is -2.29. The fraction of sp³-hybridized carbons (Fsp3) is 0.263. The van der Waals surface area contributed by atoms with Crippen LogP contribution in [-0.2, 0) is 0 Å². The van der Waals surface area contributed by atoms with Crippen molar-refractivity contribution in [3.05, 3.63) is 75.9 Å². The highest BCUT2D eigenvalue weighted by Gasteiger charge is 2.40. The Kier molecular flexibility index (Phi) is 3.49. The summed E-state index contributed by atoms with van der Waals surface area (Å²) in [4.78, 5) is 10.9. The van der Waals surface area contributed by atoms with E-state index in [1.807, 2.05) is 18.2 Å². The minimum Gasteiger partial charge on any atom is -0.494 e. The molecule has 0 saturated carbocycles. The van der Waals surface area contributed by atoms with Crippen molar-refractivity contribution in [1.29, 1.82) is 0 Å². The van der Waals surface area contributed by atoms with Crippen LogP contribution in [0.15, 0.2) is 54.6 Å². The molecule has 0 saturated heterocycles. The van der Waals surface area contributed by atoms with E-state index in [0.29, 0.717) is 11.7 Å². The molecule has 4 rings (SSSR count). The van der Waals surface area contributed by atoms with Crippen LogP contribution in [0.5, 0.6) is 5.75 Å². The third-order valence-corrected chi connectivity index (χ3v) is 5.01. The standard InChI is InChI=1S/C19H18N2O3/c1-24-17-11-13(21(22)23)10-16-14-8-5-9-15(14)18(20-19(16)17)12-6-3-2-4-7-12/h2-8,10-11,14-15,18,20H,9H2,1H3/t14-,15+,18+/m1/s1. The van der Waals surface area contributed by atoms with Gasteiger partial charge in [-0.15, -0.1) is 0 Å². The maximum atomic E-state index is 11.2. The molecule has 2 aliphatic rings. The average Bonchev–Trinajstić information content (AvgIpc) is 3.10. The number of benzene rings is 2. The van der Waals surface area contributed by atoms with Crippen molar-refractivity contribution in [2.45, 2.75) is 18.4 Å². The van der Waals surface area contributed by atoms with Gasteiger partial charge in [0.25, 0.3) is 5.69 Å². The van der Waals surface area contributed by atoms with Crippen LogP contribution in [-0.4, -0.2) is 12.0 Å². The van der Waals surface area contributed by atoms with Crippen molar-refractivity contribution < 1.29 is 9.66 Å². The summed E-state index contributed by atoms with van der Waals surface area (Å²) in [5.74, 6) is 1.05. The van der Waals surface area contributed by atoms with E-state index in [9.17, 15) is 10.1 Å². The van der Waals surface area contributed by atoms with Crippen molar-refractivity contribution >= 4 is 11.4 Å². The SMILES string of the molecule is COc1cc([N+](=O)[O-])cc2c1N[C@@H](c1ccccc1)[C@H]1CC=C[C@@H]21. The van der Waals surface area contributed by atoms with Crippen molar-refractivity contribution in [3.8, 4) is 5.75 Å². The number of nitrogens with zero attached hydrogens (tertiary/aromatic N) is 1. The Balaban J connectivity index is 1.86. The Labute approximate surface area is 140 Å². The predicted molar refractivity (Wildman–Crippen MR) is 92.4 cm³/mol. The number of rotatable bonds is 3. The minimum absolute atomic E-state index is 0.0737. The van der Waals surface area contributed by atoms with E-state index in [1.165, 1.54) is 11.6 Å². The Bertz CT molecular complexity index is 817. The Morgan fingerprint density at radius 1 is 1.25 bits per heavy atom. The number of non-ortho nitro benzene ring substituents is 1. The number of nitro groups is 1. The maximum Gasteiger partial charge on any atom is 0.273 e. The van der Waals surface area contributed by atoms with E-state index in [1.54, 1.807) is 13.2 Å². The summed E-state index contributed by atoms with van der Waals surface area (Å²) in [6.45, 7) is 0. The molecule has 1 aliphatic carbocycles. The molecule has 0 spiro atoms. The Hall–Kier alpha value is -2.82. The number of nitrogens with one attached hydrogen (secondary N) is 1. The number of anilines is 1. The highest BCUT2D eigenvalue weighted by atomic mass is 16.6. The molecule has 5 nitrogen and oxygen atoms in total. The van der Waals surface area contributed by atoms with E-state index < -0.39 is 0 Å². The summed E-state index contributed by atoms with van der Waals surface area (Å²) in [6, 6.07) is 13.7. The predicted octanol–water partition coefficient (Wildman–Crippen LogP) is 4.43. The summed E-state index contributed by atoms with van der Waals surface area (Å²) >= 11 is 0. The topological polar surface area (TPSA) is 64.4 Å². The lowest BCUT2D eigenvalue weighted by Gasteiger charge is -2.38. The second-order valence-corrected chi connectivity index (χ2v) is 6.26. The van der Waals surface area contributed by atoms with Crippen LogP contribution in [0, 0.1) is 16.0 Å². The van der Waals surface area contributed by atoms with E-state index in [-0.39, 0.29) is 22.6 Å². The Morgan fingerprint density at radius 2 is 2.04 bits per heavy atom. The molecule has 0 amide bonds. The van der Waals surface area contributed by atoms with Gasteiger partial charge >= 0.3 is 0 Å². The summed E-state index contributed by atoms with van der Waals surface area (Å²) < 4.78 is 5.45. The van der Waals surface area contributed by atoms with Gasteiger partial charge in [0.1, 0.15) is 5.75 Å². The van der Waals surface area contributed by atoms with Crippen molar-refractivity contribution in [3.63, 3.8) is 0 Å². The van der Waals surface area contributed by atoms with E-state index in [4.69, 9.17) is 4.74 Å². The van der Waals surface area contributed by atoms with Gasteiger partial charge in [0, 0.05) is 12.0 Å². The number of nitro benzene ring substituents is 1. The first-order valence-corrected chi connectivity index (χ1v) is 8.03. The molecule has 1 heterocycles. The van der Waals surface area contributed by atoms with E-state index >= 15 is 0 Å². The highest BCUT2D eigenvalue weighted by molar-refractivity contribution is 5.71. The van der Waals surface area contributed by atoms with Gasteiger partial charge in [0.15, 0.2) is 0 Å². The lowest BCUT2D eigenvalue weighted by atomic mass is 9.76. The van der Waals surface area contributed by atoms with Crippen LogP contribution in [0.4, 0.5) is 11.4 Å². The number of allylic oxidation sites excluding steroid dienone is 2. The Morgan fingerprint density at radius 3 is 2.75 bits per heavy atom. The molecule has 0 fully saturated rings. The van der Waals surface area contributed by atoms with Gasteiger partial charge in [-0.2, -0.15) is 0 Å². The van der Waals surface area contributed by atoms with Gasteiger partial charge in [-0.3, -0.25) is 10.1 Å². The summed E-state index contributed by atoms with van der Waals surface area (Å²) in [5.41, 5.74) is 3.11. The zero-order chi connectivity index (χ0) is 16.7. The number of methoxy groups -OCH3 is 1. The average molecular weight is 322 g/mol. The van der Waals surface area contributed by atoms with Crippen molar-refractivity contribution in [2.24, 2.45) is 5.92 Å².